The number of carbonyl (C=O) groups excluding carboxylic acids is 2. The van der Waals surface area contributed by atoms with Crippen LogP contribution in [0.15, 0.2) is 30.3 Å². The predicted octanol–water partition coefficient (Wildman–Crippen LogP) is 1.89. The molecule has 2 aliphatic rings. The van der Waals surface area contributed by atoms with Gasteiger partial charge in [-0.2, -0.15) is 0 Å². The third kappa shape index (κ3) is 2.92. The van der Waals surface area contributed by atoms with Crippen LogP contribution in [-0.4, -0.2) is 50.0 Å². The van der Waals surface area contributed by atoms with Gasteiger partial charge in [-0.1, -0.05) is 12.1 Å². The van der Waals surface area contributed by atoms with Crippen molar-refractivity contribution >= 4 is 28.8 Å². The van der Waals surface area contributed by atoms with E-state index in [0.29, 0.717) is 24.5 Å². The number of rotatable bonds is 2. The van der Waals surface area contributed by atoms with Gasteiger partial charge >= 0.3 is 0 Å². The molecule has 7 heteroatoms. The Labute approximate surface area is 156 Å². The zero-order chi connectivity index (χ0) is 18.3. The summed E-state index contributed by atoms with van der Waals surface area (Å²) < 4.78 is 5.97. The molecule has 0 fully saturated rings. The summed E-state index contributed by atoms with van der Waals surface area (Å²) in [7, 11) is 3.61. The van der Waals surface area contributed by atoms with Crippen LogP contribution in [0.25, 0.3) is 0 Å². The van der Waals surface area contributed by atoms with Gasteiger partial charge in [0, 0.05) is 32.1 Å². The number of nitrogens with one attached hydrogen (secondary N) is 1. The lowest BCUT2D eigenvalue weighted by atomic mass is 10.1. The highest BCUT2D eigenvalue weighted by Gasteiger charge is 2.34. The SMILES string of the molecule is CNC(=O)c1cc2c(s1)CCN(C(=O)[C@H]1CN(C)c3ccccc3O1)C2. The van der Waals surface area contributed by atoms with Crippen LogP contribution in [0.1, 0.15) is 20.1 Å². The lowest BCUT2D eigenvalue weighted by Gasteiger charge is -2.36. The van der Waals surface area contributed by atoms with E-state index in [2.05, 4.69) is 10.2 Å². The Morgan fingerprint density at radius 2 is 2.12 bits per heavy atom. The van der Waals surface area contributed by atoms with Gasteiger partial charge in [0.1, 0.15) is 5.75 Å². The Bertz CT molecular complexity index is 863. The first-order chi connectivity index (χ1) is 12.6. The molecule has 0 spiro atoms. The summed E-state index contributed by atoms with van der Waals surface area (Å²) in [6.07, 6.45) is 0.274. The molecular formula is C19H21N3O3S. The number of carbonyl (C=O) groups is 2. The maximum Gasteiger partial charge on any atom is 0.265 e. The predicted molar refractivity (Wildman–Crippen MR) is 101 cm³/mol. The van der Waals surface area contributed by atoms with Crippen LogP contribution >= 0.6 is 11.3 Å². The second-order valence-corrected chi connectivity index (χ2v) is 7.74. The number of nitrogens with zero attached hydrogens (tertiary/aromatic N) is 2. The van der Waals surface area contributed by atoms with E-state index in [0.717, 1.165) is 23.4 Å². The van der Waals surface area contributed by atoms with Crippen LogP contribution < -0.4 is 15.0 Å². The first-order valence-electron chi connectivity index (χ1n) is 8.66. The summed E-state index contributed by atoms with van der Waals surface area (Å²) in [4.78, 5) is 30.7. The van der Waals surface area contributed by atoms with Crippen molar-refractivity contribution in [3.8, 4) is 5.75 Å². The molecule has 0 aliphatic carbocycles. The van der Waals surface area contributed by atoms with Crippen molar-refractivity contribution in [3.63, 3.8) is 0 Å². The number of hydrogen-bond donors (Lipinski definition) is 1. The van der Waals surface area contributed by atoms with Gasteiger partial charge in [0.2, 0.25) is 0 Å². The van der Waals surface area contributed by atoms with Gasteiger partial charge < -0.3 is 19.9 Å². The minimum Gasteiger partial charge on any atom is -0.477 e. The number of para-hydroxylation sites is 2. The average Bonchev–Trinajstić information content (AvgIpc) is 3.10. The Kier molecular flexibility index (Phi) is 4.32. The molecule has 3 heterocycles. The molecule has 0 radical (unpaired) electrons. The van der Waals surface area contributed by atoms with Gasteiger partial charge in [0.15, 0.2) is 6.10 Å². The molecule has 0 saturated carbocycles. The highest BCUT2D eigenvalue weighted by atomic mass is 32.1. The highest BCUT2D eigenvalue weighted by Crippen LogP contribution is 2.33. The fourth-order valence-electron chi connectivity index (χ4n) is 3.50. The number of benzene rings is 1. The summed E-state index contributed by atoms with van der Waals surface area (Å²) >= 11 is 1.52. The van der Waals surface area contributed by atoms with E-state index in [4.69, 9.17) is 4.74 Å². The fourth-order valence-corrected chi connectivity index (χ4v) is 4.61. The molecule has 6 nitrogen and oxygen atoms in total. The maximum absolute atomic E-state index is 13.0. The second kappa shape index (κ2) is 6.64. The van der Waals surface area contributed by atoms with E-state index >= 15 is 0 Å². The number of thiophene rings is 1. The number of hydrogen-bond acceptors (Lipinski definition) is 5. The van der Waals surface area contributed by atoms with Crippen molar-refractivity contribution in [2.75, 3.05) is 32.1 Å². The third-order valence-corrected chi connectivity index (χ3v) is 6.13. The van der Waals surface area contributed by atoms with Crippen LogP contribution in [-0.2, 0) is 17.8 Å². The van der Waals surface area contributed by atoms with E-state index < -0.39 is 6.10 Å². The molecule has 0 saturated heterocycles. The molecule has 0 unspecified atom stereocenters. The molecule has 4 rings (SSSR count). The summed E-state index contributed by atoms with van der Waals surface area (Å²) in [6.45, 7) is 1.73. The smallest absolute Gasteiger partial charge is 0.265 e. The fraction of sp³-hybridized carbons (Fsp3) is 0.368. The van der Waals surface area contributed by atoms with Crippen molar-refractivity contribution in [1.29, 1.82) is 0 Å². The largest absolute Gasteiger partial charge is 0.477 e. The van der Waals surface area contributed by atoms with E-state index in [1.807, 2.05) is 42.3 Å². The lowest BCUT2D eigenvalue weighted by Crippen LogP contribution is -2.50. The minimum absolute atomic E-state index is 0.00435. The van der Waals surface area contributed by atoms with Gasteiger partial charge in [-0.15, -0.1) is 11.3 Å². The molecule has 1 atom stereocenters. The first kappa shape index (κ1) is 16.9. The van der Waals surface area contributed by atoms with Gasteiger partial charge in [-0.3, -0.25) is 9.59 Å². The molecule has 1 aromatic heterocycles. The highest BCUT2D eigenvalue weighted by molar-refractivity contribution is 7.14. The summed E-state index contributed by atoms with van der Waals surface area (Å²) in [6, 6.07) is 9.68. The zero-order valence-corrected chi connectivity index (χ0v) is 15.6. The summed E-state index contributed by atoms with van der Waals surface area (Å²) in [5.74, 6) is 0.676. The minimum atomic E-state index is -0.506. The molecular weight excluding hydrogens is 350 g/mol. The number of anilines is 1. The molecule has 0 bridgehead atoms. The normalized spacial score (nSPS) is 18.6. The topological polar surface area (TPSA) is 61.9 Å². The Hall–Kier alpha value is -2.54. The Morgan fingerprint density at radius 3 is 2.92 bits per heavy atom. The quantitative estimate of drug-likeness (QED) is 0.876. The molecule has 1 N–H and O–H groups in total. The first-order valence-corrected chi connectivity index (χ1v) is 9.47. The van der Waals surface area contributed by atoms with Crippen LogP contribution in [0.2, 0.25) is 0 Å². The molecule has 26 heavy (non-hydrogen) atoms. The van der Waals surface area contributed by atoms with Crippen LogP contribution in [0.4, 0.5) is 5.69 Å². The van der Waals surface area contributed by atoms with Crippen LogP contribution in [0, 0.1) is 0 Å². The standard InChI is InChI=1S/C19H21N3O3S/c1-20-18(23)17-9-12-10-22(8-7-16(12)26-17)19(24)15-11-21(2)13-5-3-4-6-14(13)25-15/h3-6,9,15H,7-8,10-11H2,1-2H3,(H,20,23)/t15-/m1/s1. The Morgan fingerprint density at radius 1 is 1.31 bits per heavy atom. The van der Waals surface area contributed by atoms with Crippen LogP contribution in [0.5, 0.6) is 5.75 Å². The molecule has 2 amide bonds. The molecule has 136 valence electrons. The van der Waals surface area contributed by atoms with E-state index in [9.17, 15) is 9.59 Å². The van der Waals surface area contributed by atoms with E-state index in [-0.39, 0.29) is 11.8 Å². The maximum atomic E-state index is 13.0. The van der Waals surface area contributed by atoms with Gasteiger partial charge in [-0.05, 0) is 30.2 Å². The summed E-state index contributed by atoms with van der Waals surface area (Å²) in [5, 5.41) is 2.66. The van der Waals surface area contributed by atoms with Crippen molar-refractivity contribution in [1.82, 2.24) is 10.2 Å². The Balaban J connectivity index is 1.50. The average molecular weight is 371 g/mol. The lowest BCUT2D eigenvalue weighted by molar-refractivity contribution is -0.139. The van der Waals surface area contributed by atoms with Crippen molar-refractivity contribution in [2.24, 2.45) is 0 Å². The van der Waals surface area contributed by atoms with E-state index in [1.165, 1.54) is 16.2 Å². The summed E-state index contributed by atoms with van der Waals surface area (Å²) in [5.41, 5.74) is 2.07. The molecule has 2 aromatic rings. The third-order valence-electron chi connectivity index (χ3n) is 4.89. The number of likely N-dealkylation sites (N-methyl/N-ethyl adjacent to an activating group) is 1. The van der Waals surface area contributed by atoms with Crippen LogP contribution in [0.3, 0.4) is 0 Å². The van der Waals surface area contributed by atoms with Crippen molar-refractivity contribution in [2.45, 2.75) is 19.1 Å². The van der Waals surface area contributed by atoms with Crippen molar-refractivity contribution in [3.05, 3.63) is 45.6 Å². The second-order valence-electron chi connectivity index (χ2n) is 6.60. The zero-order valence-electron chi connectivity index (χ0n) is 14.8. The number of amides is 2. The molecule has 1 aromatic carbocycles. The van der Waals surface area contributed by atoms with Gasteiger partial charge in [-0.25, -0.2) is 0 Å². The van der Waals surface area contributed by atoms with Gasteiger partial charge in [0.25, 0.3) is 11.8 Å². The van der Waals surface area contributed by atoms with E-state index in [1.54, 1.807) is 7.05 Å². The van der Waals surface area contributed by atoms with Gasteiger partial charge in [0.05, 0.1) is 17.1 Å². The monoisotopic (exact) mass is 371 g/mol. The number of fused-ring (bicyclic) bond motifs is 2. The molecule has 2 aliphatic heterocycles. The number of ether oxygens (including phenoxy) is 1. The van der Waals surface area contributed by atoms with Crippen molar-refractivity contribution < 1.29 is 14.3 Å².